The average molecular weight is 314 g/mol. The molecule has 2 N–H and O–H groups in total. The number of benzene rings is 1. The number of carbonyl (C=O) groups is 1. The molecule has 1 atom stereocenters. The number of carbonyl (C=O) groups excluding carboxylic acids is 1. The highest BCUT2D eigenvalue weighted by atomic mass is 79.9. The van der Waals surface area contributed by atoms with Crippen LogP contribution in [0, 0.1) is 0 Å². The van der Waals surface area contributed by atoms with Crippen LogP contribution in [0.4, 0.5) is 0 Å². The van der Waals surface area contributed by atoms with Crippen molar-refractivity contribution in [2.24, 2.45) is 0 Å². The Bertz CT molecular complexity index is 432. The molecule has 18 heavy (non-hydrogen) atoms. The molecule has 0 fully saturated rings. The Kier molecular flexibility index (Phi) is 5.88. The highest BCUT2D eigenvalue weighted by Gasteiger charge is 2.11. The van der Waals surface area contributed by atoms with Crippen molar-refractivity contribution < 1.29 is 14.6 Å². The van der Waals surface area contributed by atoms with Crippen LogP contribution in [-0.2, 0) is 4.79 Å². The van der Waals surface area contributed by atoms with E-state index in [2.05, 4.69) is 27.8 Å². The molecule has 0 aliphatic rings. The van der Waals surface area contributed by atoms with Crippen LogP contribution in [0.25, 0.3) is 0 Å². The van der Waals surface area contributed by atoms with Gasteiger partial charge in [0.2, 0.25) is 0 Å². The van der Waals surface area contributed by atoms with E-state index < -0.39 is 6.10 Å². The van der Waals surface area contributed by atoms with E-state index in [9.17, 15) is 9.90 Å². The molecule has 0 heterocycles. The van der Waals surface area contributed by atoms with Crippen LogP contribution in [0.15, 0.2) is 35.3 Å². The first-order chi connectivity index (χ1) is 8.54. The van der Waals surface area contributed by atoms with Gasteiger partial charge in [-0.25, -0.2) is 0 Å². The fourth-order valence-electron chi connectivity index (χ4n) is 1.36. The van der Waals surface area contributed by atoms with Crippen LogP contribution in [-0.4, -0.2) is 24.2 Å². The first-order valence-electron chi connectivity index (χ1n) is 5.52. The number of ether oxygens (including phenoxy) is 1. The number of aliphatic hydroxyl groups excluding tert-OH is 1. The maximum atomic E-state index is 11.4. The Morgan fingerprint density at radius 2 is 2.39 bits per heavy atom. The molecule has 0 bridgehead atoms. The molecule has 0 aliphatic heterocycles. The van der Waals surface area contributed by atoms with E-state index in [1.54, 1.807) is 31.2 Å². The molecule has 1 rings (SSSR count). The Hall–Kier alpha value is -1.33. The highest BCUT2D eigenvalue weighted by Crippen LogP contribution is 2.28. The standard InChI is InChI=1S/C13H16BrNO3/c1-3-6-15-13(17)8-18-12-5-4-10(14)7-11(12)9(2)16/h3-5,7,9,16H,1,6,8H2,2H3,(H,15,17). The van der Waals surface area contributed by atoms with Gasteiger partial charge in [-0.2, -0.15) is 0 Å². The molecule has 0 saturated carbocycles. The van der Waals surface area contributed by atoms with Gasteiger partial charge >= 0.3 is 0 Å². The Labute approximate surface area is 115 Å². The molecule has 0 aliphatic carbocycles. The Balaban J connectivity index is 2.66. The lowest BCUT2D eigenvalue weighted by molar-refractivity contribution is -0.122. The summed E-state index contributed by atoms with van der Waals surface area (Å²) < 4.78 is 6.23. The number of hydrogen-bond acceptors (Lipinski definition) is 3. The van der Waals surface area contributed by atoms with Crippen molar-refractivity contribution in [3.63, 3.8) is 0 Å². The molecule has 1 aromatic carbocycles. The molecule has 0 radical (unpaired) electrons. The molecule has 1 aromatic rings. The molecule has 1 unspecified atom stereocenters. The van der Waals surface area contributed by atoms with Crippen LogP contribution in [0.1, 0.15) is 18.6 Å². The number of nitrogens with one attached hydrogen (secondary N) is 1. The van der Waals surface area contributed by atoms with E-state index >= 15 is 0 Å². The van der Waals surface area contributed by atoms with Gasteiger partial charge in [0.15, 0.2) is 6.61 Å². The largest absolute Gasteiger partial charge is 0.483 e. The predicted molar refractivity (Wildman–Crippen MR) is 73.5 cm³/mol. The molecular weight excluding hydrogens is 298 g/mol. The molecule has 0 aromatic heterocycles. The van der Waals surface area contributed by atoms with Gasteiger partial charge in [0, 0.05) is 16.6 Å². The number of rotatable bonds is 6. The number of aliphatic hydroxyl groups is 1. The molecule has 0 spiro atoms. The topological polar surface area (TPSA) is 58.6 Å². The summed E-state index contributed by atoms with van der Waals surface area (Å²) in [7, 11) is 0. The smallest absolute Gasteiger partial charge is 0.258 e. The van der Waals surface area contributed by atoms with E-state index in [0.29, 0.717) is 17.9 Å². The summed E-state index contributed by atoms with van der Waals surface area (Å²) in [5.41, 5.74) is 0.640. The SMILES string of the molecule is C=CCNC(=O)COc1ccc(Br)cc1C(C)O. The maximum absolute atomic E-state index is 11.4. The van der Waals surface area contributed by atoms with Crippen LogP contribution < -0.4 is 10.1 Å². The summed E-state index contributed by atoms with van der Waals surface area (Å²) in [4.78, 5) is 11.4. The lowest BCUT2D eigenvalue weighted by Crippen LogP contribution is -2.29. The third-order valence-electron chi connectivity index (χ3n) is 2.22. The molecular formula is C13H16BrNO3. The minimum atomic E-state index is -0.659. The van der Waals surface area contributed by atoms with E-state index in [4.69, 9.17) is 4.74 Å². The van der Waals surface area contributed by atoms with Crippen molar-refractivity contribution in [2.75, 3.05) is 13.2 Å². The fraction of sp³-hybridized carbons (Fsp3) is 0.308. The van der Waals surface area contributed by atoms with Gasteiger partial charge in [-0.05, 0) is 25.1 Å². The van der Waals surface area contributed by atoms with Crippen molar-refractivity contribution in [1.82, 2.24) is 5.32 Å². The number of amides is 1. The van der Waals surface area contributed by atoms with E-state index in [1.165, 1.54) is 0 Å². The maximum Gasteiger partial charge on any atom is 0.258 e. The van der Waals surface area contributed by atoms with E-state index in [-0.39, 0.29) is 12.5 Å². The average Bonchev–Trinajstić information content (AvgIpc) is 2.34. The molecule has 0 saturated heterocycles. The quantitative estimate of drug-likeness (QED) is 0.791. The van der Waals surface area contributed by atoms with Crippen LogP contribution in [0.2, 0.25) is 0 Å². The second-order valence-electron chi connectivity index (χ2n) is 3.74. The highest BCUT2D eigenvalue weighted by molar-refractivity contribution is 9.10. The third-order valence-corrected chi connectivity index (χ3v) is 2.72. The summed E-state index contributed by atoms with van der Waals surface area (Å²) in [5, 5.41) is 12.2. The van der Waals surface area contributed by atoms with Crippen LogP contribution >= 0.6 is 15.9 Å². The monoisotopic (exact) mass is 313 g/mol. The number of halogens is 1. The van der Waals surface area contributed by atoms with Gasteiger partial charge in [0.25, 0.3) is 5.91 Å². The van der Waals surface area contributed by atoms with Crippen molar-refractivity contribution in [3.05, 3.63) is 40.9 Å². The summed E-state index contributed by atoms with van der Waals surface area (Å²) >= 11 is 3.32. The zero-order chi connectivity index (χ0) is 13.5. The zero-order valence-electron chi connectivity index (χ0n) is 10.1. The first kappa shape index (κ1) is 14.7. The summed E-state index contributed by atoms with van der Waals surface area (Å²) in [6.07, 6.45) is 0.937. The lowest BCUT2D eigenvalue weighted by Gasteiger charge is -2.13. The second-order valence-corrected chi connectivity index (χ2v) is 4.66. The van der Waals surface area contributed by atoms with Crippen molar-refractivity contribution in [1.29, 1.82) is 0 Å². The van der Waals surface area contributed by atoms with Crippen LogP contribution in [0.5, 0.6) is 5.75 Å². The van der Waals surface area contributed by atoms with Gasteiger partial charge in [-0.3, -0.25) is 4.79 Å². The third kappa shape index (κ3) is 4.50. The second kappa shape index (κ2) is 7.18. The Morgan fingerprint density at radius 3 is 3.00 bits per heavy atom. The minimum absolute atomic E-state index is 0.0881. The summed E-state index contributed by atoms with van der Waals surface area (Å²) in [6.45, 7) is 5.47. The van der Waals surface area contributed by atoms with Crippen molar-refractivity contribution >= 4 is 21.8 Å². The summed E-state index contributed by atoms with van der Waals surface area (Å²) in [5.74, 6) is 0.274. The normalized spacial score (nSPS) is 11.7. The molecule has 98 valence electrons. The first-order valence-corrected chi connectivity index (χ1v) is 6.31. The van der Waals surface area contributed by atoms with Gasteiger partial charge < -0.3 is 15.2 Å². The Morgan fingerprint density at radius 1 is 1.67 bits per heavy atom. The lowest BCUT2D eigenvalue weighted by atomic mass is 10.1. The fourth-order valence-corrected chi connectivity index (χ4v) is 1.74. The van der Waals surface area contributed by atoms with Gasteiger partial charge in [0.05, 0.1) is 6.10 Å². The van der Waals surface area contributed by atoms with Crippen molar-refractivity contribution in [3.8, 4) is 5.75 Å². The van der Waals surface area contributed by atoms with Gasteiger partial charge in [-0.15, -0.1) is 6.58 Å². The predicted octanol–water partition coefficient (Wildman–Crippen LogP) is 2.18. The van der Waals surface area contributed by atoms with E-state index in [1.807, 2.05) is 0 Å². The summed E-state index contributed by atoms with van der Waals surface area (Å²) in [6, 6.07) is 5.28. The van der Waals surface area contributed by atoms with Gasteiger partial charge in [0.1, 0.15) is 5.75 Å². The minimum Gasteiger partial charge on any atom is -0.483 e. The molecule has 4 nitrogen and oxygen atoms in total. The zero-order valence-corrected chi connectivity index (χ0v) is 11.7. The van der Waals surface area contributed by atoms with Crippen LogP contribution in [0.3, 0.4) is 0 Å². The number of hydrogen-bond donors (Lipinski definition) is 2. The molecule has 5 heteroatoms. The van der Waals surface area contributed by atoms with E-state index in [0.717, 1.165) is 4.47 Å². The van der Waals surface area contributed by atoms with Gasteiger partial charge in [-0.1, -0.05) is 22.0 Å². The molecule has 1 amide bonds. The van der Waals surface area contributed by atoms with Crippen molar-refractivity contribution in [2.45, 2.75) is 13.0 Å².